The second-order valence-corrected chi connectivity index (χ2v) is 4.62. The highest BCUT2D eigenvalue weighted by Crippen LogP contribution is 2.14. The van der Waals surface area contributed by atoms with Crippen LogP contribution < -0.4 is 5.32 Å². The number of anilines is 1. The van der Waals surface area contributed by atoms with E-state index in [1.807, 2.05) is 13.0 Å². The van der Waals surface area contributed by atoms with Crippen molar-refractivity contribution in [1.29, 1.82) is 0 Å². The largest absolute Gasteiger partial charge is 0.320 e. The van der Waals surface area contributed by atoms with Crippen molar-refractivity contribution >= 4 is 11.6 Å². The fraction of sp³-hybridized carbons (Fsp3) is 0.143. The molecule has 0 aromatic carbocycles. The third kappa shape index (κ3) is 2.53. The lowest BCUT2D eigenvalue weighted by molar-refractivity contribution is 0.102. The minimum absolute atomic E-state index is 0.201. The molecule has 0 saturated carbocycles. The van der Waals surface area contributed by atoms with Crippen LogP contribution in [0.4, 0.5) is 5.69 Å². The van der Waals surface area contributed by atoms with Gasteiger partial charge in [0.25, 0.3) is 5.91 Å². The van der Waals surface area contributed by atoms with Gasteiger partial charge >= 0.3 is 0 Å². The van der Waals surface area contributed by atoms with Crippen molar-refractivity contribution in [3.63, 3.8) is 0 Å². The molecule has 3 aromatic heterocycles. The van der Waals surface area contributed by atoms with Crippen LogP contribution in [0.25, 0.3) is 5.82 Å². The van der Waals surface area contributed by atoms with Crippen molar-refractivity contribution < 1.29 is 4.79 Å². The predicted molar refractivity (Wildman–Crippen MR) is 77.4 cm³/mol. The molecule has 0 fully saturated rings. The van der Waals surface area contributed by atoms with Crippen LogP contribution >= 0.6 is 0 Å². The molecule has 2 N–H and O–H groups in total. The first kappa shape index (κ1) is 13.0. The van der Waals surface area contributed by atoms with E-state index < -0.39 is 0 Å². The average molecular weight is 282 g/mol. The van der Waals surface area contributed by atoms with E-state index >= 15 is 0 Å². The molecule has 3 aromatic rings. The van der Waals surface area contributed by atoms with Gasteiger partial charge in [-0.1, -0.05) is 0 Å². The summed E-state index contributed by atoms with van der Waals surface area (Å²) in [7, 11) is 0. The Balaban J connectivity index is 1.78. The van der Waals surface area contributed by atoms with E-state index in [0.717, 1.165) is 5.69 Å². The van der Waals surface area contributed by atoms with Crippen molar-refractivity contribution in [2.24, 2.45) is 0 Å². The number of hydrogen-bond donors (Lipinski definition) is 2. The van der Waals surface area contributed by atoms with Gasteiger partial charge in [-0.15, -0.1) is 0 Å². The number of rotatable bonds is 3. The summed E-state index contributed by atoms with van der Waals surface area (Å²) in [5, 5.41) is 13.7. The number of H-pyrrole nitrogens is 1. The van der Waals surface area contributed by atoms with Crippen LogP contribution in [0.15, 0.2) is 36.8 Å². The fourth-order valence-corrected chi connectivity index (χ4v) is 2.08. The van der Waals surface area contributed by atoms with E-state index in [1.165, 1.54) is 0 Å². The maximum absolute atomic E-state index is 12.2. The van der Waals surface area contributed by atoms with Gasteiger partial charge in [0.15, 0.2) is 5.82 Å². The minimum atomic E-state index is -0.201. The van der Waals surface area contributed by atoms with E-state index in [-0.39, 0.29) is 5.91 Å². The molecule has 0 spiro atoms. The number of aromatic amines is 1. The summed E-state index contributed by atoms with van der Waals surface area (Å²) in [5.74, 6) is 0.487. The van der Waals surface area contributed by atoms with Gasteiger partial charge in [0.2, 0.25) is 0 Å². The molecule has 0 bridgehead atoms. The quantitative estimate of drug-likeness (QED) is 0.767. The van der Waals surface area contributed by atoms with Crippen molar-refractivity contribution in [2.45, 2.75) is 13.8 Å². The Labute approximate surface area is 121 Å². The van der Waals surface area contributed by atoms with Gasteiger partial charge in [-0.05, 0) is 32.0 Å². The molecular formula is C14H14N6O. The summed E-state index contributed by atoms with van der Waals surface area (Å²) in [6, 6.07) is 5.40. The summed E-state index contributed by atoms with van der Waals surface area (Å²) < 4.78 is 1.65. The number of carbonyl (C=O) groups is 1. The van der Waals surface area contributed by atoms with Crippen LogP contribution in [-0.4, -0.2) is 30.9 Å². The first-order valence-corrected chi connectivity index (χ1v) is 6.44. The first-order valence-electron chi connectivity index (χ1n) is 6.44. The molecule has 1 amide bonds. The third-order valence-corrected chi connectivity index (χ3v) is 3.10. The molecule has 0 aliphatic heterocycles. The second kappa shape index (κ2) is 5.20. The lowest BCUT2D eigenvalue weighted by Gasteiger charge is -2.06. The molecule has 0 radical (unpaired) electrons. The van der Waals surface area contributed by atoms with E-state index in [1.54, 1.807) is 42.3 Å². The van der Waals surface area contributed by atoms with Gasteiger partial charge < -0.3 is 5.32 Å². The zero-order chi connectivity index (χ0) is 14.8. The van der Waals surface area contributed by atoms with E-state index in [2.05, 4.69) is 25.6 Å². The average Bonchev–Trinajstić information content (AvgIpc) is 3.10. The molecule has 7 nitrogen and oxygen atoms in total. The van der Waals surface area contributed by atoms with E-state index in [4.69, 9.17) is 0 Å². The normalized spacial score (nSPS) is 10.6. The first-order chi connectivity index (χ1) is 10.1. The topological polar surface area (TPSA) is 88.5 Å². The van der Waals surface area contributed by atoms with Gasteiger partial charge in [-0.25, -0.2) is 9.67 Å². The summed E-state index contributed by atoms with van der Waals surface area (Å²) >= 11 is 0. The molecule has 7 heteroatoms. The Kier molecular flexibility index (Phi) is 3.23. The van der Waals surface area contributed by atoms with Crippen molar-refractivity contribution in [1.82, 2.24) is 25.0 Å². The third-order valence-electron chi connectivity index (χ3n) is 3.10. The number of aryl methyl sites for hydroxylation is 2. The number of nitrogens with one attached hydrogen (secondary N) is 2. The standard InChI is InChI=1S/C14H14N6O/c1-9-13(10(2)19-18-9)14(21)17-11-4-5-12(15-8-11)20-7-3-6-16-20/h3-8H,1-2H3,(H,17,21)(H,18,19). The van der Waals surface area contributed by atoms with Gasteiger partial charge in [-0.2, -0.15) is 10.2 Å². The number of nitrogens with zero attached hydrogens (tertiary/aromatic N) is 4. The van der Waals surface area contributed by atoms with Crippen LogP contribution in [0.1, 0.15) is 21.7 Å². The van der Waals surface area contributed by atoms with Crippen LogP contribution in [0, 0.1) is 13.8 Å². The molecule has 3 heterocycles. The van der Waals surface area contributed by atoms with Crippen molar-refractivity contribution in [2.75, 3.05) is 5.32 Å². The molecule has 0 unspecified atom stereocenters. The van der Waals surface area contributed by atoms with E-state index in [0.29, 0.717) is 22.8 Å². The number of carbonyl (C=O) groups excluding carboxylic acids is 1. The lowest BCUT2D eigenvalue weighted by atomic mass is 10.2. The van der Waals surface area contributed by atoms with Gasteiger partial charge in [0, 0.05) is 18.1 Å². The number of pyridine rings is 1. The highest BCUT2D eigenvalue weighted by Gasteiger charge is 2.15. The van der Waals surface area contributed by atoms with Crippen molar-refractivity contribution in [3.8, 4) is 5.82 Å². The van der Waals surface area contributed by atoms with Gasteiger partial charge in [0.05, 0.1) is 23.1 Å². The monoisotopic (exact) mass is 282 g/mol. The zero-order valence-corrected chi connectivity index (χ0v) is 11.7. The van der Waals surface area contributed by atoms with Gasteiger partial charge in [0.1, 0.15) is 0 Å². The Morgan fingerprint density at radius 1 is 1.33 bits per heavy atom. The Morgan fingerprint density at radius 3 is 2.76 bits per heavy atom. The van der Waals surface area contributed by atoms with Crippen LogP contribution in [-0.2, 0) is 0 Å². The maximum Gasteiger partial charge on any atom is 0.259 e. The summed E-state index contributed by atoms with van der Waals surface area (Å²) in [5.41, 5.74) is 2.60. The number of amides is 1. The molecule has 0 aliphatic rings. The molecule has 0 aliphatic carbocycles. The Hall–Kier alpha value is -2.96. The molecule has 0 atom stereocenters. The van der Waals surface area contributed by atoms with Crippen LogP contribution in [0.3, 0.4) is 0 Å². The SMILES string of the molecule is Cc1n[nH]c(C)c1C(=O)Nc1ccc(-n2cccn2)nc1. The molecule has 106 valence electrons. The Bertz CT molecular complexity index is 738. The molecular weight excluding hydrogens is 268 g/mol. The van der Waals surface area contributed by atoms with Crippen LogP contribution in [0.5, 0.6) is 0 Å². The smallest absolute Gasteiger partial charge is 0.259 e. The van der Waals surface area contributed by atoms with E-state index in [9.17, 15) is 4.79 Å². The van der Waals surface area contributed by atoms with Crippen LogP contribution in [0.2, 0.25) is 0 Å². The predicted octanol–water partition coefficient (Wildman–Crippen LogP) is 1.86. The lowest BCUT2D eigenvalue weighted by Crippen LogP contribution is -2.14. The highest BCUT2D eigenvalue weighted by molar-refractivity contribution is 6.05. The fourth-order valence-electron chi connectivity index (χ4n) is 2.08. The second-order valence-electron chi connectivity index (χ2n) is 4.62. The van der Waals surface area contributed by atoms with Crippen molar-refractivity contribution in [3.05, 3.63) is 53.7 Å². The summed E-state index contributed by atoms with van der Waals surface area (Å²) in [4.78, 5) is 16.5. The van der Waals surface area contributed by atoms with Gasteiger partial charge in [-0.3, -0.25) is 9.89 Å². The number of hydrogen-bond acceptors (Lipinski definition) is 4. The molecule has 0 saturated heterocycles. The highest BCUT2D eigenvalue weighted by atomic mass is 16.1. The zero-order valence-electron chi connectivity index (χ0n) is 11.7. The summed E-state index contributed by atoms with van der Waals surface area (Å²) in [6.45, 7) is 3.60. The molecule has 3 rings (SSSR count). The Morgan fingerprint density at radius 2 is 2.19 bits per heavy atom. The maximum atomic E-state index is 12.2. The number of aromatic nitrogens is 5. The molecule has 21 heavy (non-hydrogen) atoms. The summed E-state index contributed by atoms with van der Waals surface area (Å²) in [6.07, 6.45) is 5.08. The minimum Gasteiger partial charge on any atom is -0.320 e.